The van der Waals surface area contributed by atoms with E-state index in [1.807, 2.05) is 18.2 Å². The molecule has 0 spiro atoms. The zero-order valence-corrected chi connectivity index (χ0v) is 16.8. The molecule has 0 saturated carbocycles. The van der Waals surface area contributed by atoms with Crippen LogP contribution in [0.5, 0.6) is 5.75 Å². The number of ether oxygens (including phenoxy) is 1. The van der Waals surface area contributed by atoms with Crippen molar-refractivity contribution in [3.8, 4) is 5.75 Å². The fourth-order valence-electron chi connectivity index (χ4n) is 3.00. The summed E-state index contributed by atoms with van der Waals surface area (Å²) < 4.78 is 5.97. The minimum absolute atomic E-state index is 0.769. The van der Waals surface area contributed by atoms with Crippen molar-refractivity contribution in [1.29, 1.82) is 0 Å². The predicted molar refractivity (Wildman–Crippen MR) is 118 cm³/mol. The molecule has 1 aromatic heterocycles. The van der Waals surface area contributed by atoms with E-state index in [2.05, 4.69) is 59.7 Å². The third-order valence-electron chi connectivity index (χ3n) is 4.46. The SMILES string of the molecule is CCCCCCCOc1csc(N(c2ccccc2)c2ccc(N)cc2)c1. The van der Waals surface area contributed by atoms with E-state index in [-0.39, 0.29) is 0 Å². The van der Waals surface area contributed by atoms with Crippen molar-refractivity contribution < 1.29 is 4.74 Å². The summed E-state index contributed by atoms with van der Waals surface area (Å²) in [4.78, 5) is 2.23. The largest absolute Gasteiger partial charge is 0.493 e. The summed E-state index contributed by atoms with van der Waals surface area (Å²) >= 11 is 1.69. The average Bonchev–Trinajstić information content (AvgIpc) is 3.15. The van der Waals surface area contributed by atoms with Gasteiger partial charge in [-0.15, -0.1) is 11.3 Å². The highest BCUT2D eigenvalue weighted by atomic mass is 32.1. The van der Waals surface area contributed by atoms with E-state index < -0.39 is 0 Å². The van der Waals surface area contributed by atoms with Crippen LogP contribution in [0.25, 0.3) is 0 Å². The number of rotatable bonds is 10. The number of anilines is 4. The highest BCUT2D eigenvalue weighted by molar-refractivity contribution is 7.14. The van der Waals surface area contributed by atoms with Gasteiger partial charge in [0.1, 0.15) is 10.8 Å². The van der Waals surface area contributed by atoms with Crippen molar-refractivity contribution in [3.63, 3.8) is 0 Å². The molecule has 0 saturated heterocycles. The van der Waals surface area contributed by atoms with Gasteiger partial charge in [-0.1, -0.05) is 50.8 Å². The number of thiophene rings is 1. The Labute approximate surface area is 166 Å². The molecule has 3 rings (SSSR count). The number of nitrogens with zero attached hydrogens (tertiary/aromatic N) is 1. The number of hydrogen-bond donors (Lipinski definition) is 1. The van der Waals surface area contributed by atoms with Crippen LogP contribution in [-0.2, 0) is 0 Å². The molecule has 27 heavy (non-hydrogen) atoms. The van der Waals surface area contributed by atoms with Crippen molar-refractivity contribution in [1.82, 2.24) is 0 Å². The smallest absolute Gasteiger partial charge is 0.132 e. The van der Waals surface area contributed by atoms with Crippen LogP contribution in [0.1, 0.15) is 39.0 Å². The topological polar surface area (TPSA) is 38.5 Å². The van der Waals surface area contributed by atoms with Gasteiger partial charge in [0.25, 0.3) is 0 Å². The van der Waals surface area contributed by atoms with Crippen LogP contribution in [0.4, 0.5) is 22.1 Å². The van der Waals surface area contributed by atoms with E-state index in [4.69, 9.17) is 10.5 Å². The molecule has 0 amide bonds. The minimum atomic E-state index is 0.769. The average molecular weight is 381 g/mol. The van der Waals surface area contributed by atoms with Crippen molar-refractivity contribution in [2.45, 2.75) is 39.0 Å². The number of unbranched alkanes of at least 4 members (excludes halogenated alkanes) is 4. The minimum Gasteiger partial charge on any atom is -0.493 e. The Hall–Kier alpha value is -2.46. The maximum absolute atomic E-state index is 5.97. The normalized spacial score (nSPS) is 10.7. The summed E-state index contributed by atoms with van der Waals surface area (Å²) in [6.45, 7) is 3.02. The fraction of sp³-hybridized carbons (Fsp3) is 0.304. The zero-order chi connectivity index (χ0) is 18.9. The Kier molecular flexibility index (Phi) is 7.17. The summed E-state index contributed by atoms with van der Waals surface area (Å²) in [5.41, 5.74) is 8.85. The van der Waals surface area contributed by atoms with Gasteiger partial charge in [-0.2, -0.15) is 0 Å². The molecule has 2 aromatic carbocycles. The summed E-state index contributed by atoms with van der Waals surface area (Å²) in [6, 6.07) is 20.5. The highest BCUT2D eigenvalue weighted by Crippen LogP contribution is 2.40. The molecule has 4 heteroatoms. The number of hydrogen-bond acceptors (Lipinski definition) is 4. The van der Waals surface area contributed by atoms with Crippen LogP contribution in [0.3, 0.4) is 0 Å². The third-order valence-corrected chi connectivity index (χ3v) is 5.36. The first kappa shape index (κ1) is 19.3. The zero-order valence-electron chi connectivity index (χ0n) is 15.9. The molecule has 0 unspecified atom stereocenters. The second-order valence-electron chi connectivity index (χ2n) is 6.65. The highest BCUT2D eigenvalue weighted by Gasteiger charge is 2.14. The Morgan fingerprint density at radius 3 is 2.33 bits per heavy atom. The predicted octanol–water partition coefficient (Wildman–Crippen LogP) is 7.15. The molecule has 3 aromatic rings. The van der Waals surface area contributed by atoms with Crippen LogP contribution in [0.15, 0.2) is 66.0 Å². The van der Waals surface area contributed by atoms with Gasteiger partial charge in [0.15, 0.2) is 0 Å². The van der Waals surface area contributed by atoms with Gasteiger partial charge in [-0.25, -0.2) is 0 Å². The van der Waals surface area contributed by atoms with Gasteiger partial charge in [-0.3, -0.25) is 0 Å². The molecule has 0 aliphatic carbocycles. The molecule has 0 fully saturated rings. The van der Waals surface area contributed by atoms with Gasteiger partial charge < -0.3 is 15.4 Å². The first-order valence-electron chi connectivity index (χ1n) is 9.70. The molecule has 0 bridgehead atoms. The van der Waals surface area contributed by atoms with Gasteiger partial charge >= 0.3 is 0 Å². The molecule has 3 nitrogen and oxygen atoms in total. The molecular formula is C23H28N2OS. The molecule has 0 radical (unpaired) electrons. The Bertz CT molecular complexity index is 799. The maximum Gasteiger partial charge on any atom is 0.132 e. The van der Waals surface area contributed by atoms with E-state index in [9.17, 15) is 0 Å². The monoisotopic (exact) mass is 380 g/mol. The van der Waals surface area contributed by atoms with Crippen LogP contribution in [0, 0.1) is 0 Å². The number of nitrogens with two attached hydrogens (primary N) is 1. The fourth-order valence-corrected chi connectivity index (χ4v) is 3.87. The number of para-hydroxylation sites is 1. The molecule has 1 heterocycles. The van der Waals surface area contributed by atoms with Gasteiger partial charge in [0.05, 0.1) is 6.61 Å². The lowest BCUT2D eigenvalue weighted by Gasteiger charge is -2.23. The van der Waals surface area contributed by atoms with Crippen LogP contribution < -0.4 is 15.4 Å². The second kappa shape index (κ2) is 10.0. The van der Waals surface area contributed by atoms with Gasteiger partial charge in [0.2, 0.25) is 0 Å². The Balaban J connectivity index is 1.72. The first-order chi connectivity index (χ1) is 13.3. The molecule has 0 aliphatic heterocycles. The van der Waals surface area contributed by atoms with Crippen molar-refractivity contribution in [3.05, 3.63) is 66.0 Å². The van der Waals surface area contributed by atoms with Crippen molar-refractivity contribution in [2.75, 3.05) is 17.2 Å². The summed E-state index contributed by atoms with van der Waals surface area (Å²) in [7, 11) is 0. The van der Waals surface area contributed by atoms with Crippen LogP contribution in [-0.4, -0.2) is 6.61 Å². The van der Waals surface area contributed by atoms with E-state index in [1.165, 1.54) is 25.7 Å². The molecule has 0 atom stereocenters. The summed E-state index contributed by atoms with van der Waals surface area (Å²) in [6.07, 6.45) is 6.25. The van der Waals surface area contributed by atoms with Crippen molar-refractivity contribution in [2.24, 2.45) is 0 Å². The third kappa shape index (κ3) is 5.51. The Morgan fingerprint density at radius 2 is 1.59 bits per heavy atom. The molecule has 2 N–H and O–H groups in total. The lowest BCUT2D eigenvalue weighted by Crippen LogP contribution is -2.08. The van der Waals surface area contributed by atoms with Crippen molar-refractivity contribution >= 4 is 33.4 Å². The maximum atomic E-state index is 5.97. The van der Waals surface area contributed by atoms with E-state index >= 15 is 0 Å². The molecule has 142 valence electrons. The van der Waals surface area contributed by atoms with E-state index in [0.717, 1.165) is 40.8 Å². The Morgan fingerprint density at radius 1 is 0.889 bits per heavy atom. The summed E-state index contributed by atoms with van der Waals surface area (Å²) in [5, 5.41) is 3.22. The van der Waals surface area contributed by atoms with E-state index in [0.29, 0.717) is 0 Å². The molecular weight excluding hydrogens is 352 g/mol. The first-order valence-corrected chi connectivity index (χ1v) is 10.6. The van der Waals surface area contributed by atoms with Gasteiger partial charge in [-0.05, 0) is 42.8 Å². The van der Waals surface area contributed by atoms with E-state index in [1.54, 1.807) is 11.3 Å². The lowest BCUT2D eigenvalue weighted by atomic mass is 10.2. The quantitative estimate of drug-likeness (QED) is 0.300. The summed E-state index contributed by atoms with van der Waals surface area (Å²) in [5.74, 6) is 0.946. The molecule has 0 aliphatic rings. The van der Waals surface area contributed by atoms with Crippen LogP contribution in [0.2, 0.25) is 0 Å². The number of nitrogen functional groups attached to an aromatic ring is 1. The van der Waals surface area contributed by atoms with Gasteiger partial charge in [0, 0.05) is 28.5 Å². The number of benzene rings is 2. The lowest BCUT2D eigenvalue weighted by molar-refractivity contribution is 0.306. The second-order valence-corrected chi connectivity index (χ2v) is 7.54. The standard InChI is InChI=1S/C23H28N2OS/c1-2-3-4-5-9-16-26-22-17-23(27-18-22)25(20-10-7-6-8-11-20)21-14-12-19(24)13-15-21/h6-8,10-15,17-18H,2-5,9,16,24H2,1H3. The van der Waals surface area contributed by atoms with Crippen LogP contribution >= 0.6 is 11.3 Å².